The van der Waals surface area contributed by atoms with Gasteiger partial charge in [-0.15, -0.1) is 0 Å². The van der Waals surface area contributed by atoms with Crippen LogP contribution in [0.15, 0.2) is 24.3 Å². The summed E-state index contributed by atoms with van der Waals surface area (Å²) in [5.41, 5.74) is 7.72. The van der Waals surface area contributed by atoms with Gasteiger partial charge in [-0.25, -0.2) is 0 Å². The molecule has 1 aromatic carbocycles. The summed E-state index contributed by atoms with van der Waals surface area (Å²) in [5.74, 6) is 0.189. The van der Waals surface area contributed by atoms with Gasteiger partial charge in [0.05, 0.1) is 5.92 Å². The van der Waals surface area contributed by atoms with Crippen LogP contribution in [0, 0.1) is 12.8 Å². The van der Waals surface area contributed by atoms with Crippen molar-refractivity contribution < 1.29 is 4.79 Å². The molecule has 2 N–H and O–H groups in total. The fraction of sp³-hybridized carbons (Fsp3) is 0.417. The molecule has 2 rings (SSSR count). The average molecular weight is 204 g/mol. The van der Waals surface area contributed by atoms with Gasteiger partial charge in [0.2, 0.25) is 5.91 Å². The largest absolute Gasteiger partial charge is 0.330 e. The van der Waals surface area contributed by atoms with Crippen molar-refractivity contribution >= 4 is 11.6 Å². The molecule has 3 nitrogen and oxygen atoms in total. The molecule has 1 amide bonds. The molecule has 1 aliphatic heterocycles. The van der Waals surface area contributed by atoms with Crippen molar-refractivity contribution in [3.63, 3.8) is 0 Å². The van der Waals surface area contributed by atoms with E-state index < -0.39 is 0 Å². The van der Waals surface area contributed by atoms with Crippen molar-refractivity contribution in [2.75, 3.05) is 18.0 Å². The van der Waals surface area contributed by atoms with Crippen LogP contribution in [0.4, 0.5) is 5.69 Å². The van der Waals surface area contributed by atoms with Crippen LogP contribution in [0.25, 0.3) is 0 Å². The van der Waals surface area contributed by atoms with E-state index in [-0.39, 0.29) is 11.8 Å². The Morgan fingerprint density at radius 1 is 1.53 bits per heavy atom. The lowest BCUT2D eigenvalue weighted by Gasteiger charge is -2.16. The number of nitrogens with zero attached hydrogens (tertiary/aromatic N) is 1. The molecule has 1 heterocycles. The standard InChI is InChI=1S/C12H16N2O/c1-9-3-2-4-11(7-9)14-6-5-10(8-13)12(14)15/h2-4,7,10H,5-6,8,13H2,1H3. The second-order valence-corrected chi connectivity index (χ2v) is 4.05. The van der Waals surface area contributed by atoms with E-state index in [0.717, 1.165) is 18.7 Å². The summed E-state index contributed by atoms with van der Waals surface area (Å²) in [5, 5.41) is 0. The molecular formula is C12H16N2O. The van der Waals surface area contributed by atoms with Gasteiger partial charge in [0.1, 0.15) is 0 Å². The van der Waals surface area contributed by atoms with Crippen molar-refractivity contribution in [3.05, 3.63) is 29.8 Å². The van der Waals surface area contributed by atoms with Crippen LogP contribution in [-0.4, -0.2) is 19.0 Å². The molecule has 0 bridgehead atoms. The third-order valence-electron chi connectivity index (χ3n) is 2.91. The monoisotopic (exact) mass is 204 g/mol. The highest BCUT2D eigenvalue weighted by molar-refractivity contribution is 5.97. The Morgan fingerprint density at radius 3 is 2.93 bits per heavy atom. The molecular weight excluding hydrogens is 188 g/mol. The van der Waals surface area contributed by atoms with Gasteiger partial charge < -0.3 is 10.6 Å². The number of benzene rings is 1. The number of carbonyl (C=O) groups excluding carboxylic acids is 1. The number of amides is 1. The first-order valence-electron chi connectivity index (χ1n) is 5.30. The number of carbonyl (C=O) groups is 1. The maximum atomic E-state index is 11.9. The van der Waals surface area contributed by atoms with Crippen molar-refractivity contribution in [2.45, 2.75) is 13.3 Å². The van der Waals surface area contributed by atoms with Gasteiger partial charge in [-0.3, -0.25) is 4.79 Å². The molecule has 1 saturated heterocycles. The van der Waals surface area contributed by atoms with Crippen molar-refractivity contribution in [2.24, 2.45) is 11.7 Å². The summed E-state index contributed by atoms with van der Waals surface area (Å²) in [6, 6.07) is 8.03. The number of rotatable bonds is 2. The Hall–Kier alpha value is -1.35. The topological polar surface area (TPSA) is 46.3 Å². The molecule has 0 saturated carbocycles. The molecule has 0 aliphatic carbocycles. The SMILES string of the molecule is Cc1cccc(N2CCC(CN)C2=O)c1. The second kappa shape index (κ2) is 4.03. The Balaban J connectivity index is 2.22. The summed E-state index contributed by atoms with van der Waals surface area (Å²) >= 11 is 0. The zero-order valence-electron chi connectivity index (χ0n) is 8.94. The van der Waals surface area contributed by atoms with E-state index in [4.69, 9.17) is 5.73 Å². The van der Waals surface area contributed by atoms with E-state index in [1.165, 1.54) is 5.56 Å². The first-order chi connectivity index (χ1) is 7.22. The molecule has 0 spiro atoms. The van der Waals surface area contributed by atoms with Crippen LogP contribution in [0.5, 0.6) is 0 Å². The molecule has 15 heavy (non-hydrogen) atoms. The van der Waals surface area contributed by atoms with Gasteiger partial charge in [-0.1, -0.05) is 12.1 Å². The van der Waals surface area contributed by atoms with E-state index in [1.54, 1.807) is 0 Å². The summed E-state index contributed by atoms with van der Waals surface area (Å²) in [6.45, 7) is 3.29. The minimum Gasteiger partial charge on any atom is -0.330 e. The minimum atomic E-state index is 0.0190. The zero-order valence-corrected chi connectivity index (χ0v) is 8.94. The van der Waals surface area contributed by atoms with Gasteiger partial charge >= 0.3 is 0 Å². The van der Waals surface area contributed by atoms with Gasteiger partial charge in [0.15, 0.2) is 0 Å². The molecule has 0 aromatic heterocycles. The third-order valence-corrected chi connectivity index (χ3v) is 2.91. The number of hydrogen-bond acceptors (Lipinski definition) is 2. The van der Waals surface area contributed by atoms with Gasteiger partial charge in [-0.2, -0.15) is 0 Å². The fourth-order valence-electron chi connectivity index (χ4n) is 2.01. The van der Waals surface area contributed by atoms with Crippen LogP contribution in [0.3, 0.4) is 0 Å². The minimum absolute atomic E-state index is 0.0190. The summed E-state index contributed by atoms with van der Waals surface area (Å²) in [7, 11) is 0. The first kappa shape index (κ1) is 10.2. The van der Waals surface area contributed by atoms with Crippen molar-refractivity contribution in [3.8, 4) is 0 Å². The number of anilines is 1. The lowest BCUT2D eigenvalue weighted by molar-refractivity contribution is -0.120. The van der Waals surface area contributed by atoms with Crippen LogP contribution >= 0.6 is 0 Å². The lowest BCUT2D eigenvalue weighted by Crippen LogP contribution is -2.29. The van der Waals surface area contributed by atoms with Crippen molar-refractivity contribution in [1.29, 1.82) is 0 Å². The highest BCUT2D eigenvalue weighted by Gasteiger charge is 2.31. The number of nitrogens with two attached hydrogens (primary N) is 1. The first-order valence-corrected chi connectivity index (χ1v) is 5.30. The zero-order chi connectivity index (χ0) is 10.8. The third kappa shape index (κ3) is 1.88. The highest BCUT2D eigenvalue weighted by atomic mass is 16.2. The number of aryl methyl sites for hydroxylation is 1. The Labute approximate surface area is 89.9 Å². The summed E-state index contributed by atoms with van der Waals surface area (Å²) < 4.78 is 0. The van der Waals surface area contributed by atoms with E-state index >= 15 is 0 Å². The number of hydrogen-bond donors (Lipinski definition) is 1. The Kier molecular flexibility index (Phi) is 2.73. The predicted octanol–water partition coefficient (Wildman–Crippen LogP) is 1.31. The summed E-state index contributed by atoms with van der Waals surface area (Å²) in [6.07, 6.45) is 0.878. The molecule has 80 valence electrons. The van der Waals surface area contributed by atoms with Crippen molar-refractivity contribution in [1.82, 2.24) is 0 Å². The Morgan fingerprint density at radius 2 is 2.33 bits per heavy atom. The molecule has 1 unspecified atom stereocenters. The van der Waals surface area contributed by atoms with Crippen LogP contribution < -0.4 is 10.6 Å². The van der Waals surface area contributed by atoms with Gasteiger partial charge in [-0.05, 0) is 31.0 Å². The Bertz CT molecular complexity index is 376. The molecule has 1 aliphatic rings. The molecule has 3 heteroatoms. The summed E-state index contributed by atoms with van der Waals surface area (Å²) in [4.78, 5) is 13.7. The van der Waals surface area contributed by atoms with E-state index in [0.29, 0.717) is 6.54 Å². The average Bonchev–Trinajstić information content (AvgIpc) is 2.59. The normalized spacial score (nSPS) is 21.1. The molecule has 1 aromatic rings. The second-order valence-electron chi connectivity index (χ2n) is 4.05. The lowest BCUT2D eigenvalue weighted by atomic mass is 10.1. The quantitative estimate of drug-likeness (QED) is 0.789. The van der Waals surface area contributed by atoms with Gasteiger partial charge in [0.25, 0.3) is 0 Å². The highest BCUT2D eigenvalue weighted by Crippen LogP contribution is 2.25. The van der Waals surface area contributed by atoms with Gasteiger partial charge in [0, 0.05) is 18.8 Å². The van der Waals surface area contributed by atoms with Crippen LogP contribution in [0.1, 0.15) is 12.0 Å². The molecule has 1 atom stereocenters. The maximum Gasteiger partial charge on any atom is 0.231 e. The molecule has 1 fully saturated rings. The van der Waals surface area contributed by atoms with Crippen LogP contribution in [0.2, 0.25) is 0 Å². The van der Waals surface area contributed by atoms with E-state index in [9.17, 15) is 4.79 Å². The van der Waals surface area contributed by atoms with E-state index in [1.807, 2.05) is 36.1 Å². The smallest absolute Gasteiger partial charge is 0.231 e. The van der Waals surface area contributed by atoms with E-state index in [2.05, 4.69) is 0 Å². The maximum absolute atomic E-state index is 11.9. The predicted molar refractivity (Wildman–Crippen MR) is 60.7 cm³/mol. The molecule has 0 radical (unpaired) electrons. The fourth-order valence-corrected chi connectivity index (χ4v) is 2.01. The van der Waals surface area contributed by atoms with Crippen LogP contribution in [-0.2, 0) is 4.79 Å².